The van der Waals surface area contributed by atoms with Gasteiger partial charge in [0.05, 0.1) is 11.6 Å². The SMILES string of the molecule is CCC1OCCC1CNc1ccnc2ccccc12. The third-order valence-electron chi connectivity index (χ3n) is 3.95. The molecule has 0 radical (unpaired) electrons. The number of pyridine rings is 1. The van der Waals surface area contributed by atoms with Crippen molar-refractivity contribution in [1.29, 1.82) is 0 Å². The average Bonchev–Trinajstić information content (AvgIpc) is 2.92. The van der Waals surface area contributed by atoms with E-state index in [0.29, 0.717) is 12.0 Å². The van der Waals surface area contributed by atoms with Crippen LogP contribution in [-0.2, 0) is 4.74 Å². The second kappa shape index (κ2) is 5.57. The number of nitrogens with one attached hydrogen (secondary N) is 1. The molecule has 2 unspecified atom stereocenters. The summed E-state index contributed by atoms with van der Waals surface area (Å²) in [5.41, 5.74) is 2.22. The molecule has 100 valence electrons. The van der Waals surface area contributed by atoms with Crippen molar-refractivity contribution in [2.24, 2.45) is 5.92 Å². The van der Waals surface area contributed by atoms with Gasteiger partial charge in [0.25, 0.3) is 0 Å². The normalized spacial score (nSPS) is 22.8. The number of benzene rings is 1. The predicted octanol–water partition coefficient (Wildman–Crippen LogP) is 3.46. The molecular weight excluding hydrogens is 236 g/mol. The second-order valence-electron chi connectivity index (χ2n) is 5.12. The van der Waals surface area contributed by atoms with E-state index in [2.05, 4.69) is 35.4 Å². The zero-order valence-electron chi connectivity index (χ0n) is 11.3. The lowest BCUT2D eigenvalue weighted by atomic mass is 9.99. The minimum atomic E-state index is 0.417. The highest BCUT2D eigenvalue weighted by atomic mass is 16.5. The molecule has 0 saturated carbocycles. The average molecular weight is 256 g/mol. The summed E-state index contributed by atoms with van der Waals surface area (Å²) in [6.45, 7) is 4.08. The molecule has 1 fully saturated rings. The van der Waals surface area contributed by atoms with Crippen molar-refractivity contribution in [3.63, 3.8) is 0 Å². The summed E-state index contributed by atoms with van der Waals surface area (Å²) < 4.78 is 5.74. The highest BCUT2D eigenvalue weighted by molar-refractivity contribution is 5.90. The third kappa shape index (κ3) is 2.56. The second-order valence-corrected chi connectivity index (χ2v) is 5.12. The van der Waals surface area contributed by atoms with Gasteiger partial charge in [0, 0.05) is 36.3 Å². The van der Waals surface area contributed by atoms with Gasteiger partial charge in [-0.15, -0.1) is 0 Å². The Balaban J connectivity index is 1.75. The summed E-state index contributed by atoms with van der Waals surface area (Å²) in [4.78, 5) is 4.39. The van der Waals surface area contributed by atoms with E-state index >= 15 is 0 Å². The molecule has 2 heterocycles. The summed E-state index contributed by atoms with van der Waals surface area (Å²) in [5, 5.41) is 4.77. The first-order valence-corrected chi connectivity index (χ1v) is 7.07. The zero-order chi connectivity index (χ0) is 13.1. The smallest absolute Gasteiger partial charge is 0.0722 e. The molecule has 0 bridgehead atoms. The summed E-state index contributed by atoms with van der Waals surface area (Å²) >= 11 is 0. The molecule has 1 aromatic carbocycles. The standard InChI is InChI=1S/C16H20N2O/c1-2-16-12(8-10-19-16)11-18-15-7-9-17-14-6-4-3-5-13(14)15/h3-7,9,12,16H,2,8,10-11H2,1H3,(H,17,18). The minimum absolute atomic E-state index is 0.417. The van der Waals surface area contributed by atoms with Crippen LogP contribution in [0.5, 0.6) is 0 Å². The lowest BCUT2D eigenvalue weighted by molar-refractivity contribution is 0.0900. The molecular formula is C16H20N2O. The number of rotatable bonds is 4. The Labute approximate surface area is 114 Å². The van der Waals surface area contributed by atoms with Crippen LogP contribution < -0.4 is 5.32 Å². The Hall–Kier alpha value is -1.61. The van der Waals surface area contributed by atoms with Crippen LogP contribution in [0, 0.1) is 5.92 Å². The first-order chi connectivity index (χ1) is 9.38. The van der Waals surface area contributed by atoms with Gasteiger partial charge in [-0.05, 0) is 25.0 Å². The molecule has 2 atom stereocenters. The number of hydrogen-bond donors (Lipinski definition) is 1. The highest BCUT2D eigenvalue weighted by Gasteiger charge is 2.26. The van der Waals surface area contributed by atoms with Crippen LogP contribution in [0.4, 0.5) is 5.69 Å². The maximum atomic E-state index is 5.74. The quantitative estimate of drug-likeness (QED) is 0.909. The molecule has 1 aromatic heterocycles. The first-order valence-electron chi connectivity index (χ1n) is 7.07. The van der Waals surface area contributed by atoms with E-state index in [-0.39, 0.29) is 0 Å². The van der Waals surface area contributed by atoms with Crippen molar-refractivity contribution in [3.05, 3.63) is 36.5 Å². The van der Waals surface area contributed by atoms with Gasteiger partial charge in [-0.25, -0.2) is 0 Å². The van der Waals surface area contributed by atoms with Gasteiger partial charge in [0.2, 0.25) is 0 Å². The van der Waals surface area contributed by atoms with Crippen LogP contribution in [-0.4, -0.2) is 24.2 Å². The molecule has 2 aromatic rings. The molecule has 1 aliphatic rings. The van der Waals surface area contributed by atoms with Gasteiger partial charge in [-0.2, -0.15) is 0 Å². The molecule has 3 rings (SSSR count). The van der Waals surface area contributed by atoms with Gasteiger partial charge in [-0.1, -0.05) is 25.1 Å². The number of para-hydroxylation sites is 1. The molecule has 0 amide bonds. The van der Waals surface area contributed by atoms with Crippen LogP contribution in [0.2, 0.25) is 0 Å². The summed E-state index contributed by atoms with van der Waals surface area (Å²) in [5.74, 6) is 0.622. The Morgan fingerprint density at radius 2 is 2.21 bits per heavy atom. The minimum Gasteiger partial charge on any atom is -0.384 e. The van der Waals surface area contributed by atoms with Gasteiger partial charge in [-0.3, -0.25) is 4.98 Å². The van der Waals surface area contributed by atoms with Crippen LogP contribution in [0.3, 0.4) is 0 Å². The number of fused-ring (bicyclic) bond motifs is 1. The van der Waals surface area contributed by atoms with Crippen molar-refractivity contribution in [2.45, 2.75) is 25.9 Å². The fraction of sp³-hybridized carbons (Fsp3) is 0.438. The Morgan fingerprint density at radius 3 is 3.11 bits per heavy atom. The number of anilines is 1. The van der Waals surface area contributed by atoms with E-state index in [1.807, 2.05) is 18.3 Å². The fourth-order valence-corrected chi connectivity index (χ4v) is 2.87. The largest absolute Gasteiger partial charge is 0.384 e. The summed E-state index contributed by atoms with van der Waals surface area (Å²) in [6, 6.07) is 10.3. The van der Waals surface area contributed by atoms with Gasteiger partial charge in [0.1, 0.15) is 0 Å². The maximum absolute atomic E-state index is 5.74. The zero-order valence-corrected chi connectivity index (χ0v) is 11.3. The molecule has 19 heavy (non-hydrogen) atoms. The monoisotopic (exact) mass is 256 g/mol. The van der Waals surface area contributed by atoms with Crippen LogP contribution in [0.15, 0.2) is 36.5 Å². The Morgan fingerprint density at radius 1 is 1.32 bits per heavy atom. The van der Waals surface area contributed by atoms with E-state index < -0.39 is 0 Å². The van der Waals surface area contributed by atoms with Crippen molar-refractivity contribution < 1.29 is 4.74 Å². The van der Waals surface area contributed by atoms with E-state index in [9.17, 15) is 0 Å². The molecule has 3 heteroatoms. The van der Waals surface area contributed by atoms with E-state index in [1.165, 1.54) is 11.1 Å². The van der Waals surface area contributed by atoms with Gasteiger partial charge < -0.3 is 10.1 Å². The molecule has 1 saturated heterocycles. The molecule has 0 aliphatic carbocycles. The van der Waals surface area contributed by atoms with Gasteiger partial charge >= 0.3 is 0 Å². The van der Waals surface area contributed by atoms with Crippen LogP contribution >= 0.6 is 0 Å². The van der Waals surface area contributed by atoms with Crippen molar-refractivity contribution >= 4 is 16.6 Å². The number of nitrogens with zero attached hydrogens (tertiary/aromatic N) is 1. The molecule has 1 N–H and O–H groups in total. The number of ether oxygens (including phenoxy) is 1. The number of hydrogen-bond acceptors (Lipinski definition) is 3. The summed E-state index contributed by atoms with van der Waals surface area (Å²) in [7, 11) is 0. The van der Waals surface area contributed by atoms with Crippen LogP contribution in [0.25, 0.3) is 10.9 Å². The molecule has 1 aliphatic heterocycles. The van der Waals surface area contributed by atoms with E-state index in [4.69, 9.17) is 4.74 Å². The molecule has 0 spiro atoms. The Kier molecular flexibility index (Phi) is 3.65. The van der Waals surface area contributed by atoms with E-state index in [0.717, 1.165) is 31.5 Å². The first kappa shape index (κ1) is 12.4. The summed E-state index contributed by atoms with van der Waals surface area (Å²) in [6.07, 6.45) is 4.55. The Bertz CT molecular complexity index is 550. The lowest BCUT2D eigenvalue weighted by Gasteiger charge is -2.18. The van der Waals surface area contributed by atoms with E-state index in [1.54, 1.807) is 0 Å². The molecule has 3 nitrogen and oxygen atoms in total. The lowest BCUT2D eigenvalue weighted by Crippen LogP contribution is -2.22. The topological polar surface area (TPSA) is 34.1 Å². The van der Waals surface area contributed by atoms with Crippen molar-refractivity contribution in [2.75, 3.05) is 18.5 Å². The number of aromatic nitrogens is 1. The fourth-order valence-electron chi connectivity index (χ4n) is 2.87. The van der Waals surface area contributed by atoms with Gasteiger partial charge in [0.15, 0.2) is 0 Å². The van der Waals surface area contributed by atoms with Crippen molar-refractivity contribution in [3.8, 4) is 0 Å². The maximum Gasteiger partial charge on any atom is 0.0722 e. The third-order valence-corrected chi connectivity index (χ3v) is 3.95. The van der Waals surface area contributed by atoms with Crippen molar-refractivity contribution in [1.82, 2.24) is 4.98 Å². The highest BCUT2D eigenvalue weighted by Crippen LogP contribution is 2.26. The van der Waals surface area contributed by atoms with Crippen LogP contribution in [0.1, 0.15) is 19.8 Å². The predicted molar refractivity (Wildman–Crippen MR) is 78.4 cm³/mol.